The van der Waals surface area contributed by atoms with E-state index < -0.39 is 0 Å². The van der Waals surface area contributed by atoms with Gasteiger partial charge in [0.05, 0.1) is 30.1 Å². The molecule has 25 heavy (non-hydrogen) atoms. The molecule has 0 bridgehead atoms. The average Bonchev–Trinajstić information content (AvgIpc) is 3.01. The number of carbonyl (C=O) groups is 2. The van der Waals surface area contributed by atoms with Gasteiger partial charge in [0.15, 0.2) is 0 Å². The van der Waals surface area contributed by atoms with Crippen molar-refractivity contribution < 1.29 is 14.3 Å². The second kappa shape index (κ2) is 7.97. The summed E-state index contributed by atoms with van der Waals surface area (Å²) in [6, 6.07) is -0.143. The summed E-state index contributed by atoms with van der Waals surface area (Å²) in [5.41, 5.74) is 0.619. The standard InChI is InChI=1S/C17H27N5O3/c1-12-8-21(9-13(2)25-12)16(23)11-22-10-14(7-19-22)20-17(24)15-5-3-4-6-18-15/h7,10,12-13,15,18H,3-6,8-9,11H2,1-2H3,(H,20,24)/t12-,13-,15-/m0/s1. The Labute approximate surface area is 147 Å². The molecule has 8 heteroatoms. The van der Waals surface area contributed by atoms with E-state index in [1.807, 2.05) is 18.7 Å². The first kappa shape index (κ1) is 17.9. The molecular formula is C17H27N5O3. The minimum Gasteiger partial charge on any atom is -0.372 e. The number of nitrogens with one attached hydrogen (secondary N) is 2. The molecule has 0 aromatic carbocycles. The van der Waals surface area contributed by atoms with Crippen molar-refractivity contribution in [2.75, 3.05) is 25.0 Å². The molecule has 3 rings (SSSR count). The highest BCUT2D eigenvalue weighted by molar-refractivity contribution is 5.94. The molecule has 0 unspecified atom stereocenters. The normalized spacial score (nSPS) is 27.1. The van der Waals surface area contributed by atoms with Gasteiger partial charge in [-0.15, -0.1) is 0 Å². The lowest BCUT2D eigenvalue weighted by Gasteiger charge is -2.35. The van der Waals surface area contributed by atoms with E-state index in [9.17, 15) is 9.59 Å². The number of piperidine rings is 1. The number of ether oxygens (including phenoxy) is 1. The third-order valence-electron chi connectivity index (χ3n) is 4.60. The third kappa shape index (κ3) is 4.79. The van der Waals surface area contributed by atoms with Gasteiger partial charge in [-0.25, -0.2) is 0 Å². The zero-order valence-electron chi connectivity index (χ0n) is 14.9. The van der Waals surface area contributed by atoms with Gasteiger partial charge < -0.3 is 20.3 Å². The van der Waals surface area contributed by atoms with E-state index in [4.69, 9.17) is 4.74 Å². The number of hydrogen-bond acceptors (Lipinski definition) is 5. The number of nitrogens with zero attached hydrogens (tertiary/aromatic N) is 3. The molecule has 0 spiro atoms. The fourth-order valence-electron chi connectivity index (χ4n) is 3.44. The fourth-order valence-corrected chi connectivity index (χ4v) is 3.44. The Balaban J connectivity index is 1.52. The first-order valence-corrected chi connectivity index (χ1v) is 9.01. The van der Waals surface area contributed by atoms with E-state index in [1.165, 1.54) is 0 Å². The summed E-state index contributed by atoms with van der Waals surface area (Å²) in [7, 11) is 0. The Morgan fingerprint density at radius 3 is 2.76 bits per heavy atom. The van der Waals surface area contributed by atoms with E-state index in [2.05, 4.69) is 15.7 Å². The van der Waals surface area contributed by atoms with Gasteiger partial charge >= 0.3 is 0 Å². The topological polar surface area (TPSA) is 88.5 Å². The van der Waals surface area contributed by atoms with Crippen LogP contribution in [0.1, 0.15) is 33.1 Å². The van der Waals surface area contributed by atoms with Crippen LogP contribution in [0, 0.1) is 0 Å². The highest BCUT2D eigenvalue weighted by Crippen LogP contribution is 2.13. The van der Waals surface area contributed by atoms with Crippen LogP contribution in [0.15, 0.2) is 12.4 Å². The number of rotatable bonds is 4. The highest BCUT2D eigenvalue weighted by Gasteiger charge is 2.26. The largest absolute Gasteiger partial charge is 0.372 e. The molecule has 2 aliphatic heterocycles. The lowest BCUT2D eigenvalue weighted by atomic mass is 10.0. The molecule has 138 valence electrons. The smallest absolute Gasteiger partial charge is 0.244 e. The molecule has 2 saturated heterocycles. The van der Waals surface area contributed by atoms with Crippen LogP contribution < -0.4 is 10.6 Å². The van der Waals surface area contributed by atoms with E-state index in [0.29, 0.717) is 18.8 Å². The summed E-state index contributed by atoms with van der Waals surface area (Å²) in [5.74, 6) is -0.0293. The van der Waals surface area contributed by atoms with Crippen LogP contribution in [0.4, 0.5) is 5.69 Å². The Morgan fingerprint density at radius 1 is 1.32 bits per heavy atom. The predicted molar refractivity (Wildman–Crippen MR) is 93.1 cm³/mol. The van der Waals surface area contributed by atoms with Crippen LogP contribution in [0.5, 0.6) is 0 Å². The zero-order chi connectivity index (χ0) is 17.8. The van der Waals surface area contributed by atoms with Crippen LogP contribution in [0.3, 0.4) is 0 Å². The molecular weight excluding hydrogens is 322 g/mol. The molecule has 0 saturated carbocycles. The quantitative estimate of drug-likeness (QED) is 0.831. The summed E-state index contributed by atoms with van der Waals surface area (Å²) in [4.78, 5) is 26.5. The number of anilines is 1. The van der Waals surface area contributed by atoms with Gasteiger partial charge in [0.25, 0.3) is 0 Å². The van der Waals surface area contributed by atoms with Gasteiger partial charge in [-0.1, -0.05) is 6.42 Å². The summed E-state index contributed by atoms with van der Waals surface area (Å²) in [5, 5.41) is 10.3. The maximum Gasteiger partial charge on any atom is 0.244 e. The molecule has 2 N–H and O–H groups in total. The molecule has 0 radical (unpaired) electrons. The third-order valence-corrected chi connectivity index (χ3v) is 4.60. The molecule has 2 fully saturated rings. The number of morpholine rings is 1. The SMILES string of the molecule is C[C@H]1CN(C(=O)Cn2cc(NC(=O)[C@@H]3CCCCN3)cn2)C[C@H](C)O1. The minimum absolute atomic E-state index is 0.0110. The predicted octanol–water partition coefficient (Wildman–Crippen LogP) is 0.600. The van der Waals surface area contributed by atoms with Gasteiger partial charge in [-0.3, -0.25) is 14.3 Å². The molecule has 3 heterocycles. The first-order valence-electron chi connectivity index (χ1n) is 9.01. The van der Waals surface area contributed by atoms with Gasteiger partial charge in [-0.05, 0) is 33.2 Å². The Kier molecular flexibility index (Phi) is 5.70. The molecule has 2 amide bonds. The van der Waals surface area contributed by atoms with Crippen LogP contribution in [0.2, 0.25) is 0 Å². The van der Waals surface area contributed by atoms with Crippen LogP contribution in [-0.4, -0.2) is 64.4 Å². The number of amides is 2. The first-order chi connectivity index (χ1) is 12.0. The van der Waals surface area contributed by atoms with Crippen molar-refractivity contribution >= 4 is 17.5 Å². The summed E-state index contributed by atoms with van der Waals surface area (Å²) in [6.45, 7) is 6.18. The average molecular weight is 349 g/mol. The van der Waals surface area contributed by atoms with Crippen molar-refractivity contribution in [1.82, 2.24) is 20.0 Å². The minimum atomic E-state index is -0.143. The lowest BCUT2D eigenvalue weighted by molar-refractivity contribution is -0.144. The van der Waals surface area contributed by atoms with Crippen LogP contribution in [0.25, 0.3) is 0 Å². The molecule has 8 nitrogen and oxygen atoms in total. The van der Waals surface area contributed by atoms with Crippen molar-refractivity contribution in [2.24, 2.45) is 0 Å². The molecule has 1 aromatic heterocycles. The summed E-state index contributed by atoms with van der Waals surface area (Å²) >= 11 is 0. The van der Waals surface area contributed by atoms with Crippen LogP contribution in [-0.2, 0) is 20.9 Å². The van der Waals surface area contributed by atoms with Crippen molar-refractivity contribution in [2.45, 2.75) is 57.9 Å². The van der Waals surface area contributed by atoms with Gasteiger partial charge in [0.1, 0.15) is 6.54 Å². The Morgan fingerprint density at radius 2 is 2.08 bits per heavy atom. The zero-order valence-corrected chi connectivity index (χ0v) is 14.9. The number of carbonyl (C=O) groups excluding carboxylic acids is 2. The van der Waals surface area contributed by atoms with E-state index in [1.54, 1.807) is 17.1 Å². The van der Waals surface area contributed by atoms with Crippen molar-refractivity contribution in [3.05, 3.63) is 12.4 Å². The molecule has 3 atom stereocenters. The lowest BCUT2D eigenvalue weighted by Crippen LogP contribution is -2.49. The Bertz CT molecular complexity index is 601. The Hall–Kier alpha value is -1.93. The molecule has 2 aliphatic rings. The fraction of sp³-hybridized carbons (Fsp3) is 0.706. The van der Waals surface area contributed by atoms with Crippen molar-refractivity contribution in [3.8, 4) is 0 Å². The van der Waals surface area contributed by atoms with Gasteiger partial charge in [0, 0.05) is 19.3 Å². The van der Waals surface area contributed by atoms with Gasteiger partial charge in [-0.2, -0.15) is 5.10 Å². The highest BCUT2D eigenvalue weighted by atomic mass is 16.5. The summed E-state index contributed by atoms with van der Waals surface area (Å²) < 4.78 is 7.22. The van der Waals surface area contributed by atoms with Crippen LogP contribution >= 0.6 is 0 Å². The maximum atomic E-state index is 12.4. The van der Waals surface area contributed by atoms with Crippen molar-refractivity contribution in [3.63, 3.8) is 0 Å². The molecule has 0 aliphatic carbocycles. The monoisotopic (exact) mass is 349 g/mol. The van der Waals surface area contributed by atoms with E-state index in [0.717, 1.165) is 25.8 Å². The maximum absolute atomic E-state index is 12.4. The molecule has 1 aromatic rings. The van der Waals surface area contributed by atoms with Gasteiger partial charge in [0.2, 0.25) is 11.8 Å². The summed E-state index contributed by atoms with van der Waals surface area (Å²) in [6.07, 6.45) is 6.40. The second-order valence-corrected chi connectivity index (χ2v) is 6.97. The van der Waals surface area contributed by atoms with Crippen molar-refractivity contribution in [1.29, 1.82) is 0 Å². The van der Waals surface area contributed by atoms with E-state index in [-0.39, 0.29) is 36.6 Å². The second-order valence-electron chi connectivity index (χ2n) is 6.97. The van der Waals surface area contributed by atoms with E-state index >= 15 is 0 Å². The number of aromatic nitrogens is 2. The number of hydrogen-bond donors (Lipinski definition) is 2.